The Morgan fingerprint density at radius 1 is 0.852 bits per heavy atom. The van der Waals surface area contributed by atoms with Crippen LogP contribution in [0.4, 0.5) is 0 Å². The van der Waals surface area contributed by atoms with Crippen LogP contribution in [-0.4, -0.2) is 50.4 Å². The van der Waals surface area contributed by atoms with E-state index < -0.39 is 47.4 Å². The van der Waals surface area contributed by atoms with Gasteiger partial charge in [0.1, 0.15) is 11.8 Å². The molecule has 0 aromatic heterocycles. The minimum absolute atomic E-state index is 0.0574. The Balaban J connectivity index is 2.93. The van der Waals surface area contributed by atoms with Gasteiger partial charge in [0.15, 0.2) is 6.10 Å². The highest BCUT2D eigenvalue weighted by molar-refractivity contribution is 5.95. The number of hydrogen-bond donors (Lipinski definition) is 4. The van der Waals surface area contributed by atoms with Crippen LogP contribution >= 0.6 is 0 Å². The summed E-state index contributed by atoms with van der Waals surface area (Å²) in [5, 5.41) is 38.4. The number of ether oxygens (including phenoxy) is 1. The summed E-state index contributed by atoms with van der Waals surface area (Å²) in [6.45, 7) is 6.77. The predicted molar refractivity (Wildman–Crippen MR) is 89.5 cm³/mol. The van der Waals surface area contributed by atoms with E-state index in [-0.39, 0.29) is 5.56 Å². The van der Waals surface area contributed by atoms with Crippen molar-refractivity contribution in [2.24, 2.45) is 11.8 Å². The Morgan fingerprint density at radius 3 is 1.81 bits per heavy atom. The summed E-state index contributed by atoms with van der Waals surface area (Å²) in [5.41, 5.74) is -0.118. The molecule has 9 heteroatoms. The van der Waals surface area contributed by atoms with Crippen molar-refractivity contribution in [2.75, 3.05) is 0 Å². The minimum Gasteiger partial charge on any atom is -0.481 e. The van der Waals surface area contributed by atoms with E-state index in [2.05, 4.69) is 0 Å². The quantitative estimate of drug-likeness (QED) is 0.586. The molecule has 4 unspecified atom stereocenters. The van der Waals surface area contributed by atoms with E-state index in [0.717, 1.165) is 5.56 Å². The number of rotatable bonds is 5. The highest BCUT2D eigenvalue weighted by Crippen LogP contribution is 2.50. The first-order chi connectivity index (χ1) is 12.4. The summed E-state index contributed by atoms with van der Waals surface area (Å²) >= 11 is 0. The van der Waals surface area contributed by atoms with Crippen LogP contribution in [0.1, 0.15) is 27.8 Å². The molecule has 1 aliphatic heterocycles. The number of carbonyl (C=O) groups is 4. The highest BCUT2D eigenvalue weighted by Gasteiger charge is 2.68. The third-order valence-electron chi connectivity index (χ3n) is 5.43. The van der Waals surface area contributed by atoms with E-state index in [1.54, 1.807) is 27.7 Å². The largest absolute Gasteiger partial charge is 0.481 e. The lowest BCUT2D eigenvalue weighted by atomic mass is 9.73. The third-order valence-corrected chi connectivity index (χ3v) is 5.43. The monoisotopic (exact) mass is 380 g/mol. The molecule has 27 heavy (non-hydrogen) atoms. The maximum atomic E-state index is 12.3. The van der Waals surface area contributed by atoms with Crippen LogP contribution in [0.5, 0.6) is 0 Å². The Morgan fingerprint density at radius 2 is 1.41 bits per heavy atom. The highest BCUT2D eigenvalue weighted by atomic mass is 16.6. The molecule has 2 rings (SSSR count). The molecule has 0 aliphatic carbocycles. The van der Waals surface area contributed by atoms with E-state index in [1.165, 1.54) is 6.07 Å². The Labute approximate surface area is 154 Å². The average molecular weight is 380 g/mol. The van der Waals surface area contributed by atoms with Crippen molar-refractivity contribution in [3.63, 3.8) is 0 Å². The number of aliphatic carboxylic acids is 4. The van der Waals surface area contributed by atoms with Gasteiger partial charge in [0, 0.05) is 0 Å². The van der Waals surface area contributed by atoms with E-state index in [4.69, 9.17) is 4.74 Å². The molecule has 0 radical (unpaired) electrons. The van der Waals surface area contributed by atoms with Gasteiger partial charge < -0.3 is 25.2 Å². The van der Waals surface area contributed by atoms with Gasteiger partial charge in [0.25, 0.3) is 0 Å². The van der Waals surface area contributed by atoms with Crippen molar-refractivity contribution in [3.05, 3.63) is 33.9 Å². The standard InChI is InChI=1S/C18H20O9/c1-6-5-10(9(4)8(3)7(6)2)18(17(25)26)12(15(21)22)11(14(19)20)13(27-18)16(23)24/h5,11-13H,1-4H3,(H,19,20)(H,21,22)(H,23,24)(H,25,26). The molecule has 0 saturated carbocycles. The molecule has 1 fully saturated rings. The summed E-state index contributed by atoms with van der Waals surface area (Å²) in [6.07, 6.45) is -2.12. The summed E-state index contributed by atoms with van der Waals surface area (Å²) in [6, 6.07) is 1.42. The second kappa shape index (κ2) is 6.66. The number of hydrogen-bond acceptors (Lipinski definition) is 5. The molecule has 9 nitrogen and oxygen atoms in total. The average Bonchev–Trinajstić information content (AvgIpc) is 2.94. The van der Waals surface area contributed by atoms with Gasteiger partial charge in [-0.15, -0.1) is 0 Å². The SMILES string of the molecule is Cc1cc(C2(C(=O)O)OC(C(=O)O)C(C(=O)O)C2C(=O)O)c(C)c(C)c1C. The third kappa shape index (κ3) is 2.84. The lowest BCUT2D eigenvalue weighted by molar-refractivity contribution is -0.181. The molecule has 1 aliphatic rings. The van der Waals surface area contributed by atoms with Gasteiger partial charge in [-0.05, 0) is 55.5 Å². The minimum atomic E-state index is -2.65. The molecule has 1 aromatic carbocycles. The summed E-state index contributed by atoms with van der Waals surface area (Å²) in [7, 11) is 0. The number of aryl methyl sites for hydroxylation is 1. The van der Waals surface area contributed by atoms with Gasteiger partial charge in [-0.1, -0.05) is 6.07 Å². The topological polar surface area (TPSA) is 158 Å². The Kier molecular flexibility index (Phi) is 5.02. The lowest BCUT2D eigenvalue weighted by Gasteiger charge is -2.32. The zero-order valence-corrected chi connectivity index (χ0v) is 15.1. The van der Waals surface area contributed by atoms with Crippen LogP contribution in [0.2, 0.25) is 0 Å². The van der Waals surface area contributed by atoms with E-state index in [9.17, 15) is 39.6 Å². The Bertz CT molecular complexity index is 857. The van der Waals surface area contributed by atoms with Crippen molar-refractivity contribution >= 4 is 23.9 Å². The van der Waals surface area contributed by atoms with Crippen LogP contribution in [-0.2, 0) is 29.5 Å². The Hall–Kier alpha value is -2.94. The smallest absolute Gasteiger partial charge is 0.341 e. The first-order valence-corrected chi connectivity index (χ1v) is 8.05. The van der Waals surface area contributed by atoms with Crippen molar-refractivity contribution in [1.29, 1.82) is 0 Å². The summed E-state index contributed by atoms with van der Waals surface area (Å²) in [5.74, 6) is -11.2. The van der Waals surface area contributed by atoms with Gasteiger partial charge >= 0.3 is 23.9 Å². The van der Waals surface area contributed by atoms with Gasteiger partial charge in [-0.25, -0.2) is 9.59 Å². The fraction of sp³-hybridized carbons (Fsp3) is 0.444. The molecule has 4 N–H and O–H groups in total. The molecular formula is C18H20O9. The van der Waals surface area contributed by atoms with E-state index in [1.807, 2.05) is 0 Å². The first kappa shape index (κ1) is 20.4. The number of benzene rings is 1. The molecule has 0 bridgehead atoms. The van der Waals surface area contributed by atoms with E-state index >= 15 is 0 Å². The normalized spacial score (nSPS) is 27.3. The zero-order chi connectivity index (χ0) is 20.8. The second-order valence-electron chi connectivity index (χ2n) is 6.71. The summed E-state index contributed by atoms with van der Waals surface area (Å²) < 4.78 is 5.28. The molecule has 1 aromatic rings. The second-order valence-corrected chi connectivity index (χ2v) is 6.71. The van der Waals surface area contributed by atoms with Crippen LogP contribution < -0.4 is 0 Å². The molecular weight excluding hydrogens is 360 g/mol. The number of carboxylic acids is 4. The fourth-order valence-corrected chi connectivity index (χ4v) is 3.71. The molecule has 1 saturated heterocycles. The van der Waals surface area contributed by atoms with Gasteiger partial charge in [-0.3, -0.25) is 9.59 Å². The van der Waals surface area contributed by atoms with Crippen molar-refractivity contribution < 1.29 is 44.3 Å². The molecule has 0 amide bonds. The maximum absolute atomic E-state index is 12.3. The molecule has 1 heterocycles. The van der Waals surface area contributed by atoms with E-state index in [0.29, 0.717) is 16.7 Å². The molecule has 4 atom stereocenters. The van der Waals surface area contributed by atoms with Gasteiger partial charge in [-0.2, -0.15) is 0 Å². The van der Waals surface area contributed by atoms with Crippen LogP contribution in [0, 0.1) is 39.5 Å². The van der Waals surface area contributed by atoms with Crippen LogP contribution in [0.25, 0.3) is 0 Å². The summed E-state index contributed by atoms with van der Waals surface area (Å²) in [4.78, 5) is 47.4. The van der Waals surface area contributed by atoms with Crippen molar-refractivity contribution in [2.45, 2.75) is 39.4 Å². The fourth-order valence-electron chi connectivity index (χ4n) is 3.71. The van der Waals surface area contributed by atoms with Gasteiger partial charge in [0.05, 0.1) is 0 Å². The van der Waals surface area contributed by atoms with Crippen LogP contribution in [0.15, 0.2) is 6.07 Å². The van der Waals surface area contributed by atoms with Crippen LogP contribution in [0.3, 0.4) is 0 Å². The van der Waals surface area contributed by atoms with Gasteiger partial charge in [0.2, 0.25) is 5.60 Å². The molecule has 146 valence electrons. The predicted octanol–water partition coefficient (Wildman–Crippen LogP) is 1.09. The number of carboxylic acid groups (broad SMARTS) is 4. The van der Waals surface area contributed by atoms with Crippen molar-refractivity contribution in [1.82, 2.24) is 0 Å². The lowest BCUT2D eigenvalue weighted by Crippen LogP contribution is -2.47. The maximum Gasteiger partial charge on any atom is 0.341 e. The first-order valence-electron chi connectivity index (χ1n) is 8.05. The molecule has 0 spiro atoms. The zero-order valence-electron chi connectivity index (χ0n) is 15.1. The van der Waals surface area contributed by atoms with Crippen molar-refractivity contribution in [3.8, 4) is 0 Å².